The number of unbranched alkanes of at least 4 members (excludes halogenated alkanes) is 12. The van der Waals surface area contributed by atoms with Gasteiger partial charge in [-0.15, -0.1) is 23.2 Å². The van der Waals surface area contributed by atoms with Crippen LogP contribution in [0, 0.1) is 0 Å². The second kappa shape index (κ2) is 15.6. The highest BCUT2D eigenvalue weighted by atomic mass is 35.5. The fourth-order valence-electron chi connectivity index (χ4n) is 5.57. The molecule has 0 N–H and O–H groups in total. The lowest BCUT2D eigenvalue weighted by Crippen LogP contribution is -2.39. The highest BCUT2D eigenvalue weighted by Gasteiger charge is 2.79. The van der Waals surface area contributed by atoms with E-state index in [9.17, 15) is 9.59 Å². The van der Waals surface area contributed by atoms with Crippen molar-refractivity contribution < 1.29 is 19.1 Å². The molecular formula is C31H40Cl6O4. The summed E-state index contributed by atoms with van der Waals surface area (Å²) < 4.78 is 9.56. The van der Waals surface area contributed by atoms with Gasteiger partial charge in [-0.1, -0.05) is 137 Å². The summed E-state index contributed by atoms with van der Waals surface area (Å²) in [4.78, 5) is 22.0. The first-order valence-corrected chi connectivity index (χ1v) is 17.2. The first-order valence-electron chi connectivity index (χ1n) is 14.9. The molecule has 0 radical (unpaired) electrons. The van der Waals surface area contributed by atoms with Crippen LogP contribution in [0.15, 0.2) is 22.2 Å². The third-order valence-electron chi connectivity index (χ3n) is 7.90. The lowest BCUT2D eigenvalue weighted by molar-refractivity contribution is -0.135. The average Bonchev–Trinajstić information content (AvgIpc) is 3.14. The molecule has 1 aromatic rings. The van der Waals surface area contributed by atoms with Crippen LogP contribution in [0.1, 0.15) is 128 Å². The van der Waals surface area contributed by atoms with E-state index in [0.717, 1.165) is 38.5 Å². The summed E-state index contributed by atoms with van der Waals surface area (Å²) in [6.45, 7) is 4.36. The molecule has 2 bridgehead atoms. The molecule has 0 aromatic heterocycles. The zero-order valence-electron chi connectivity index (χ0n) is 23.9. The molecule has 0 amide bonds. The van der Waals surface area contributed by atoms with Gasteiger partial charge in [-0.3, -0.25) is 9.59 Å². The first-order chi connectivity index (χ1) is 19.5. The molecular weight excluding hydrogens is 649 g/mol. The third kappa shape index (κ3) is 7.15. The number of allylic oxidation sites excluding steroid dienone is 2. The number of hydrogen-bond donors (Lipinski definition) is 0. The highest BCUT2D eigenvalue weighted by Crippen LogP contribution is 2.79. The van der Waals surface area contributed by atoms with E-state index in [1.807, 2.05) is 0 Å². The quantitative estimate of drug-likeness (QED) is 0.0666. The zero-order valence-corrected chi connectivity index (χ0v) is 28.4. The molecule has 230 valence electrons. The van der Waals surface area contributed by atoms with Crippen molar-refractivity contribution in [3.63, 3.8) is 0 Å². The number of ether oxygens (including phenoxy) is 2. The number of benzene rings is 1. The Labute approximate surface area is 274 Å². The number of carbonyl (C=O) groups excluding carboxylic acids is 2. The van der Waals surface area contributed by atoms with E-state index in [1.165, 1.54) is 50.7 Å². The number of fused-ring (bicyclic) bond motifs is 5. The van der Waals surface area contributed by atoms with Gasteiger partial charge in [0, 0.05) is 24.0 Å². The summed E-state index contributed by atoms with van der Waals surface area (Å²) in [6, 6.07) is 3.01. The summed E-state index contributed by atoms with van der Waals surface area (Å²) >= 11 is 40.8. The minimum Gasteiger partial charge on any atom is -0.426 e. The molecule has 1 aromatic carbocycles. The van der Waals surface area contributed by atoms with Gasteiger partial charge in [0.2, 0.25) is 0 Å². The van der Waals surface area contributed by atoms with Gasteiger partial charge in [-0.25, -0.2) is 0 Å². The average molecular weight is 689 g/mol. The molecule has 3 rings (SSSR count). The second-order valence-electron chi connectivity index (χ2n) is 11.0. The molecule has 2 atom stereocenters. The summed E-state index contributed by atoms with van der Waals surface area (Å²) in [7, 11) is 0. The standard InChI is InChI=1S/C31H40Cl6O4/c1-3-5-7-9-11-13-15-17-23(38)40-21-19-20-22(41-24(39)18-16-14-12-10-8-6-4-2)26-25(21)29(34)27(32)28(33)30(26,35)31(29,36)37/h19-20H,3-18H2,1-2H3. The maximum Gasteiger partial charge on any atom is 0.311 e. The van der Waals surface area contributed by atoms with Crippen molar-refractivity contribution in [1.82, 2.24) is 0 Å². The van der Waals surface area contributed by atoms with Crippen molar-refractivity contribution in [2.45, 2.75) is 131 Å². The van der Waals surface area contributed by atoms with Crippen molar-refractivity contribution >= 4 is 81.5 Å². The Morgan fingerprint density at radius 1 is 0.585 bits per heavy atom. The maximum atomic E-state index is 12.8. The lowest BCUT2D eigenvalue weighted by atomic mass is 9.93. The molecule has 10 heteroatoms. The fraction of sp³-hybridized carbons (Fsp3) is 0.677. The van der Waals surface area contributed by atoms with Gasteiger partial charge in [-0.05, 0) is 25.0 Å². The van der Waals surface area contributed by atoms with Crippen molar-refractivity contribution in [1.29, 1.82) is 0 Å². The Hall–Kier alpha value is -0.360. The van der Waals surface area contributed by atoms with E-state index in [-0.39, 0.29) is 45.5 Å². The minimum atomic E-state index is -1.96. The molecule has 0 aliphatic heterocycles. The van der Waals surface area contributed by atoms with Crippen LogP contribution >= 0.6 is 69.6 Å². The maximum absolute atomic E-state index is 12.8. The van der Waals surface area contributed by atoms with Gasteiger partial charge < -0.3 is 9.47 Å². The number of carbonyl (C=O) groups is 2. The number of rotatable bonds is 18. The van der Waals surface area contributed by atoms with Crippen LogP contribution < -0.4 is 9.47 Å². The Bertz CT molecular complexity index is 1040. The molecule has 0 heterocycles. The predicted octanol–water partition coefficient (Wildman–Crippen LogP) is 11.5. The largest absolute Gasteiger partial charge is 0.426 e. The summed E-state index contributed by atoms with van der Waals surface area (Å²) in [6.07, 6.45) is 15.4. The number of alkyl halides is 4. The van der Waals surface area contributed by atoms with Crippen molar-refractivity contribution in [2.24, 2.45) is 0 Å². The van der Waals surface area contributed by atoms with Crippen LogP contribution in [0.25, 0.3) is 0 Å². The van der Waals surface area contributed by atoms with Crippen molar-refractivity contribution in [3.8, 4) is 11.5 Å². The lowest BCUT2D eigenvalue weighted by Gasteiger charge is -2.31. The summed E-state index contributed by atoms with van der Waals surface area (Å²) in [5.41, 5.74) is 0.366. The SMILES string of the molecule is CCCCCCCCCC(=O)Oc1ccc(OC(=O)CCCCCCCCC)c2c1C1(Cl)C(Cl)=C(Cl)C2(Cl)C1(Cl)Cl. The highest BCUT2D eigenvalue weighted by molar-refractivity contribution is 6.65. The minimum absolute atomic E-state index is 0.0655. The Morgan fingerprint density at radius 3 is 1.24 bits per heavy atom. The van der Waals surface area contributed by atoms with Crippen LogP contribution in [0.4, 0.5) is 0 Å². The smallest absolute Gasteiger partial charge is 0.311 e. The van der Waals surface area contributed by atoms with Crippen LogP contribution in [0.2, 0.25) is 0 Å². The fourth-order valence-corrected chi connectivity index (χ4v) is 8.27. The van der Waals surface area contributed by atoms with E-state index in [1.54, 1.807) is 0 Å². The van der Waals surface area contributed by atoms with Crippen molar-refractivity contribution in [3.05, 3.63) is 33.3 Å². The van der Waals surface area contributed by atoms with E-state index >= 15 is 0 Å². The molecule has 4 nitrogen and oxygen atoms in total. The van der Waals surface area contributed by atoms with Crippen LogP contribution in [0.5, 0.6) is 11.5 Å². The van der Waals surface area contributed by atoms with Gasteiger partial charge in [0.25, 0.3) is 0 Å². The molecule has 0 saturated heterocycles. The molecule has 0 saturated carbocycles. The summed E-state index contributed by atoms with van der Waals surface area (Å²) in [5, 5.41) is -0.131. The van der Waals surface area contributed by atoms with Gasteiger partial charge in [0.1, 0.15) is 21.2 Å². The van der Waals surface area contributed by atoms with E-state index in [4.69, 9.17) is 79.1 Å². The molecule has 0 spiro atoms. The van der Waals surface area contributed by atoms with Crippen LogP contribution in [0.3, 0.4) is 0 Å². The van der Waals surface area contributed by atoms with Gasteiger partial charge in [0.15, 0.2) is 4.33 Å². The Morgan fingerprint density at radius 2 is 0.902 bits per heavy atom. The monoisotopic (exact) mass is 686 g/mol. The molecule has 2 unspecified atom stereocenters. The van der Waals surface area contributed by atoms with Gasteiger partial charge in [0.05, 0.1) is 10.1 Å². The zero-order chi connectivity index (χ0) is 30.3. The topological polar surface area (TPSA) is 52.6 Å². The second-order valence-corrected chi connectivity index (χ2v) is 14.2. The third-order valence-corrected chi connectivity index (χ3v) is 12.0. The Balaban J connectivity index is 1.77. The van der Waals surface area contributed by atoms with Gasteiger partial charge >= 0.3 is 11.9 Å². The van der Waals surface area contributed by atoms with Gasteiger partial charge in [-0.2, -0.15) is 0 Å². The predicted molar refractivity (Wildman–Crippen MR) is 171 cm³/mol. The van der Waals surface area contributed by atoms with E-state index in [0.29, 0.717) is 12.8 Å². The molecule has 2 aliphatic carbocycles. The van der Waals surface area contributed by atoms with E-state index < -0.39 is 26.0 Å². The normalized spacial score (nSPS) is 22.2. The van der Waals surface area contributed by atoms with Crippen LogP contribution in [-0.2, 0) is 19.3 Å². The van der Waals surface area contributed by atoms with Crippen LogP contribution in [-0.4, -0.2) is 16.3 Å². The number of halogens is 6. The number of esters is 2. The summed E-state index contributed by atoms with van der Waals surface area (Å²) in [5.74, 6) is -0.662. The number of hydrogen-bond acceptors (Lipinski definition) is 4. The van der Waals surface area contributed by atoms with Crippen molar-refractivity contribution in [2.75, 3.05) is 0 Å². The first kappa shape index (κ1) is 35.1. The molecule has 41 heavy (non-hydrogen) atoms. The molecule has 0 fully saturated rings. The van der Waals surface area contributed by atoms with E-state index in [2.05, 4.69) is 13.8 Å². The molecule has 2 aliphatic rings. The Kier molecular flexibility index (Phi) is 13.3.